The van der Waals surface area contributed by atoms with Crippen molar-refractivity contribution in [3.63, 3.8) is 0 Å². The third-order valence-electron chi connectivity index (χ3n) is 0.396. The molecule has 0 fully saturated rings. The second kappa shape index (κ2) is 6.04. The Kier molecular flexibility index (Phi) is 7.09. The average Bonchev–Trinajstić information content (AvgIpc) is 1.61. The summed E-state index contributed by atoms with van der Waals surface area (Å²) in [6.07, 6.45) is 1.24. The van der Waals surface area contributed by atoms with E-state index in [1.165, 1.54) is 22.8 Å². The molecule has 0 aromatic heterocycles. The standard InChI is InChI=1S/C3H8INS/c4-2-1-3-6-5/h1-3,5H2. The van der Waals surface area contributed by atoms with Gasteiger partial charge in [0.05, 0.1) is 0 Å². The molecule has 0 aromatic carbocycles. The first-order valence-corrected chi connectivity index (χ1v) is 4.37. The van der Waals surface area contributed by atoms with Crippen molar-refractivity contribution in [2.45, 2.75) is 6.42 Å². The van der Waals surface area contributed by atoms with Crippen LogP contribution >= 0.6 is 34.5 Å². The molecule has 0 saturated carbocycles. The van der Waals surface area contributed by atoms with Crippen LogP contribution in [0.5, 0.6) is 0 Å². The zero-order valence-electron chi connectivity index (χ0n) is 3.48. The zero-order valence-corrected chi connectivity index (χ0v) is 6.46. The minimum atomic E-state index is 1.10. The SMILES string of the molecule is NSCCCI. The summed E-state index contributed by atoms with van der Waals surface area (Å²) in [6, 6.07) is 0. The summed E-state index contributed by atoms with van der Waals surface area (Å²) in [4.78, 5) is 0. The van der Waals surface area contributed by atoms with Gasteiger partial charge in [0.25, 0.3) is 0 Å². The predicted molar refractivity (Wildman–Crippen MR) is 40.1 cm³/mol. The number of rotatable bonds is 3. The summed E-state index contributed by atoms with van der Waals surface area (Å²) in [6.45, 7) is 0. The fourth-order valence-electron chi connectivity index (χ4n) is 0.138. The van der Waals surface area contributed by atoms with Crippen LogP contribution < -0.4 is 5.14 Å². The first-order chi connectivity index (χ1) is 2.91. The molecule has 0 aromatic rings. The van der Waals surface area contributed by atoms with Crippen molar-refractivity contribution < 1.29 is 0 Å². The highest BCUT2D eigenvalue weighted by Gasteiger charge is 1.77. The summed E-state index contributed by atoms with van der Waals surface area (Å²) < 4.78 is 1.22. The number of hydrogen-bond acceptors (Lipinski definition) is 2. The fraction of sp³-hybridized carbons (Fsp3) is 1.00. The fourth-order valence-corrected chi connectivity index (χ4v) is 1.35. The van der Waals surface area contributed by atoms with Crippen LogP contribution in [0, 0.1) is 0 Å². The highest BCUT2D eigenvalue weighted by Crippen LogP contribution is 1.93. The molecule has 1 nitrogen and oxygen atoms in total. The Morgan fingerprint density at radius 1 is 1.67 bits per heavy atom. The Morgan fingerprint density at radius 3 is 2.50 bits per heavy atom. The summed E-state index contributed by atoms with van der Waals surface area (Å²) >= 11 is 3.76. The third-order valence-corrected chi connectivity index (χ3v) is 1.68. The molecule has 38 valence electrons. The van der Waals surface area contributed by atoms with Gasteiger partial charge in [-0.2, -0.15) is 0 Å². The van der Waals surface area contributed by atoms with Crippen LogP contribution in [-0.4, -0.2) is 10.2 Å². The monoisotopic (exact) mass is 217 g/mol. The van der Waals surface area contributed by atoms with Crippen molar-refractivity contribution in [2.75, 3.05) is 10.2 Å². The van der Waals surface area contributed by atoms with Crippen molar-refractivity contribution in [3.8, 4) is 0 Å². The molecule has 2 N–H and O–H groups in total. The van der Waals surface area contributed by atoms with E-state index in [0.717, 1.165) is 5.75 Å². The van der Waals surface area contributed by atoms with Gasteiger partial charge in [-0.05, 0) is 6.42 Å². The van der Waals surface area contributed by atoms with Gasteiger partial charge < -0.3 is 0 Å². The van der Waals surface area contributed by atoms with E-state index in [0.29, 0.717) is 0 Å². The Labute approximate surface area is 56.3 Å². The first-order valence-electron chi connectivity index (χ1n) is 1.79. The molecule has 0 spiro atoms. The molecule has 0 radical (unpaired) electrons. The van der Waals surface area contributed by atoms with Crippen molar-refractivity contribution in [3.05, 3.63) is 0 Å². The van der Waals surface area contributed by atoms with Gasteiger partial charge in [0.2, 0.25) is 0 Å². The Hall–Kier alpha value is 1.04. The van der Waals surface area contributed by atoms with Crippen LogP contribution in [0.1, 0.15) is 6.42 Å². The molecule has 0 rings (SSSR count). The molecule has 0 amide bonds. The predicted octanol–water partition coefficient (Wildman–Crippen LogP) is 1.42. The molecule has 0 aliphatic carbocycles. The number of halogens is 1. The van der Waals surface area contributed by atoms with Gasteiger partial charge in [-0.15, -0.1) is 0 Å². The number of hydrogen-bond donors (Lipinski definition) is 1. The Bertz CT molecular complexity index is 22.8. The van der Waals surface area contributed by atoms with E-state index in [1.54, 1.807) is 0 Å². The molecular formula is C3H8INS. The van der Waals surface area contributed by atoms with Crippen molar-refractivity contribution >= 4 is 34.5 Å². The van der Waals surface area contributed by atoms with Gasteiger partial charge in [0.1, 0.15) is 0 Å². The smallest absolute Gasteiger partial charge is 0.00837 e. The van der Waals surface area contributed by atoms with Crippen LogP contribution in [0.2, 0.25) is 0 Å². The highest BCUT2D eigenvalue weighted by atomic mass is 127. The van der Waals surface area contributed by atoms with Gasteiger partial charge in [0.15, 0.2) is 0 Å². The van der Waals surface area contributed by atoms with E-state index in [9.17, 15) is 0 Å². The minimum absolute atomic E-state index is 1.10. The molecule has 0 bridgehead atoms. The van der Waals surface area contributed by atoms with Gasteiger partial charge >= 0.3 is 0 Å². The lowest BCUT2D eigenvalue weighted by Gasteiger charge is -1.85. The quantitative estimate of drug-likeness (QED) is 0.335. The van der Waals surface area contributed by atoms with Crippen LogP contribution in [0.4, 0.5) is 0 Å². The lowest BCUT2D eigenvalue weighted by atomic mass is 10.6. The second-order valence-corrected chi connectivity index (χ2v) is 2.73. The Balaban J connectivity index is 2.34. The van der Waals surface area contributed by atoms with Gasteiger partial charge in [-0.1, -0.05) is 34.5 Å². The zero-order chi connectivity index (χ0) is 4.83. The van der Waals surface area contributed by atoms with Crippen LogP contribution in [-0.2, 0) is 0 Å². The van der Waals surface area contributed by atoms with Crippen molar-refractivity contribution in [1.29, 1.82) is 0 Å². The van der Waals surface area contributed by atoms with E-state index >= 15 is 0 Å². The topological polar surface area (TPSA) is 26.0 Å². The van der Waals surface area contributed by atoms with E-state index < -0.39 is 0 Å². The average molecular weight is 217 g/mol. The molecule has 0 aliphatic rings. The molecule has 6 heavy (non-hydrogen) atoms. The summed E-state index contributed by atoms with van der Waals surface area (Å²) in [5.41, 5.74) is 0. The third kappa shape index (κ3) is 5.04. The van der Waals surface area contributed by atoms with Crippen LogP contribution in [0.15, 0.2) is 0 Å². The van der Waals surface area contributed by atoms with E-state index in [-0.39, 0.29) is 0 Å². The first kappa shape index (κ1) is 7.04. The van der Waals surface area contributed by atoms with Crippen molar-refractivity contribution in [2.24, 2.45) is 5.14 Å². The molecule has 0 unspecified atom stereocenters. The normalized spacial score (nSPS) is 9.00. The number of nitrogens with two attached hydrogens (primary N) is 1. The maximum Gasteiger partial charge on any atom is 0.00837 e. The Morgan fingerprint density at radius 2 is 2.33 bits per heavy atom. The highest BCUT2D eigenvalue weighted by molar-refractivity contribution is 14.1. The lowest BCUT2D eigenvalue weighted by molar-refractivity contribution is 1.15. The van der Waals surface area contributed by atoms with Gasteiger partial charge in [0, 0.05) is 10.2 Å². The number of alkyl halides is 1. The maximum absolute atomic E-state index is 5.13. The van der Waals surface area contributed by atoms with Gasteiger partial charge in [-0.3, -0.25) is 5.14 Å². The molecule has 0 heterocycles. The minimum Gasteiger partial charge on any atom is -0.278 e. The van der Waals surface area contributed by atoms with Crippen molar-refractivity contribution in [1.82, 2.24) is 0 Å². The molecule has 0 atom stereocenters. The lowest BCUT2D eigenvalue weighted by Crippen LogP contribution is -1.84. The van der Waals surface area contributed by atoms with Crippen LogP contribution in [0.3, 0.4) is 0 Å². The summed E-state index contributed by atoms with van der Waals surface area (Å²) in [5, 5.41) is 5.13. The van der Waals surface area contributed by atoms with Crippen LogP contribution in [0.25, 0.3) is 0 Å². The van der Waals surface area contributed by atoms with Gasteiger partial charge in [-0.25, -0.2) is 0 Å². The largest absolute Gasteiger partial charge is 0.278 e. The molecule has 0 aliphatic heterocycles. The summed E-state index contributed by atoms with van der Waals surface area (Å²) in [7, 11) is 0. The molecule has 3 heteroatoms. The summed E-state index contributed by atoms with van der Waals surface area (Å²) in [5.74, 6) is 1.10. The second-order valence-electron chi connectivity index (χ2n) is 0.913. The molecular weight excluding hydrogens is 209 g/mol. The van der Waals surface area contributed by atoms with E-state index in [1.807, 2.05) is 0 Å². The molecule has 0 saturated heterocycles. The van der Waals surface area contributed by atoms with E-state index in [2.05, 4.69) is 22.6 Å². The van der Waals surface area contributed by atoms with E-state index in [4.69, 9.17) is 5.14 Å². The maximum atomic E-state index is 5.13.